The van der Waals surface area contributed by atoms with Crippen LogP contribution in [0.25, 0.3) is 0 Å². The summed E-state index contributed by atoms with van der Waals surface area (Å²) in [5.41, 5.74) is -2.39. The number of rotatable bonds is 2. The van der Waals surface area contributed by atoms with E-state index in [4.69, 9.17) is 5.26 Å². The van der Waals surface area contributed by atoms with Crippen LogP contribution in [0.2, 0.25) is 0 Å². The average molecular weight is 251 g/mol. The lowest BCUT2D eigenvalue weighted by Crippen LogP contribution is -2.17. The van der Waals surface area contributed by atoms with E-state index in [-0.39, 0.29) is 0 Å². The van der Waals surface area contributed by atoms with Gasteiger partial charge in [0.25, 0.3) is 6.43 Å². The number of nitrogens with two attached hydrogens (primary N) is 1. The van der Waals surface area contributed by atoms with E-state index in [1.165, 1.54) is 0 Å². The minimum atomic E-state index is -4.49. The highest BCUT2D eigenvalue weighted by atomic mass is 32.2. The maximum Gasteiger partial charge on any atom is 0.266 e. The van der Waals surface area contributed by atoms with E-state index < -0.39 is 38.4 Å². The van der Waals surface area contributed by atoms with E-state index in [0.717, 1.165) is 6.07 Å². The molecule has 0 spiro atoms. The van der Waals surface area contributed by atoms with Crippen molar-refractivity contribution in [3.05, 3.63) is 23.3 Å². The van der Waals surface area contributed by atoms with Crippen LogP contribution in [-0.2, 0) is 10.0 Å². The van der Waals surface area contributed by atoms with Crippen LogP contribution in [0.15, 0.2) is 11.1 Å². The Morgan fingerprint density at radius 1 is 1.50 bits per heavy atom. The Hall–Kier alpha value is -1.66. The second-order valence-corrected chi connectivity index (χ2v) is 4.19. The van der Waals surface area contributed by atoms with E-state index in [1.54, 1.807) is 0 Å². The number of primary sulfonamides is 1. The van der Waals surface area contributed by atoms with Crippen LogP contribution < -0.4 is 5.14 Å². The molecular weight excluding hydrogens is 247 g/mol. The lowest BCUT2D eigenvalue weighted by Gasteiger charge is -2.08. The molecule has 0 saturated carbocycles. The number of hydrogen-bond acceptors (Lipinski definition) is 4. The molecule has 16 heavy (non-hydrogen) atoms. The summed E-state index contributed by atoms with van der Waals surface area (Å²) in [6.45, 7) is 0. The van der Waals surface area contributed by atoms with Crippen LogP contribution in [0, 0.1) is 17.3 Å². The Kier molecular flexibility index (Phi) is 3.16. The van der Waals surface area contributed by atoms with Crippen molar-refractivity contribution in [3.8, 4) is 6.07 Å². The summed E-state index contributed by atoms with van der Waals surface area (Å²) in [6, 6.07) is 1.12. The van der Waals surface area contributed by atoms with Gasteiger partial charge in [0.1, 0.15) is 16.5 Å². The summed E-state index contributed by atoms with van der Waals surface area (Å²) in [4.78, 5) is 1.82. The molecular formula is C7H4F3N3O2S. The average Bonchev–Trinajstić information content (AvgIpc) is 2.14. The number of nitrogens with zero attached hydrogens (tertiary/aromatic N) is 2. The summed E-state index contributed by atoms with van der Waals surface area (Å²) < 4.78 is 59.7. The standard InChI is InChI=1S/C7H4F3N3O2S/c8-6(9)5-3(1-11)7(10)13-2-4(5)16(12,14)15/h2,6H,(H2,12,14,15). The zero-order valence-electron chi connectivity index (χ0n) is 7.49. The number of aromatic nitrogens is 1. The lowest BCUT2D eigenvalue weighted by atomic mass is 10.1. The molecule has 1 rings (SSSR count). The lowest BCUT2D eigenvalue weighted by molar-refractivity contribution is 0.146. The highest BCUT2D eigenvalue weighted by Gasteiger charge is 2.27. The molecule has 0 saturated heterocycles. The van der Waals surface area contributed by atoms with Crippen LogP contribution in [0.5, 0.6) is 0 Å². The molecule has 1 heterocycles. The first-order valence-corrected chi connectivity index (χ1v) is 5.23. The van der Waals surface area contributed by atoms with Crippen molar-refractivity contribution in [2.75, 3.05) is 0 Å². The summed E-state index contributed by atoms with van der Waals surface area (Å²) in [5.74, 6) is -1.47. The first-order chi connectivity index (χ1) is 7.29. The zero-order chi connectivity index (χ0) is 12.5. The van der Waals surface area contributed by atoms with Gasteiger partial charge in [0.15, 0.2) is 0 Å². The number of hydrogen-bond donors (Lipinski definition) is 1. The van der Waals surface area contributed by atoms with Crippen LogP contribution in [0.3, 0.4) is 0 Å². The van der Waals surface area contributed by atoms with Crippen molar-refractivity contribution < 1.29 is 21.6 Å². The maximum atomic E-state index is 12.9. The first kappa shape index (κ1) is 12.4. The number of pyridine rings is 1. The topological polar surface area (TPSA) is 96.8 Å². The van der Waals surface area contributed by atoms with Gasteiger partial charge in [-0.3, -0.25) is 0 Å². The number of alkyl halides is 2. The summed E-state index contributed by atoms with van der Waals surface area (Å²) >= 11 is 0. The van der Waals surface area contributed by atoms with Crippen LogP contribution in [-0.4, -0.2) is 13.4 Å². The third-order valence-corrected chi connectivity index (χ3v) is 2.61. The van der Waals surface area contributed by atoms with Crippen molar-refractivity contribution in [1.82, 2.24) is 4.98 Å². The third kappa shape index (κ3) is 2.12. The van der Waals surface area contributed by atoms with Gasteiger partial charge in [-0.25, -0.2) is 27.3 Å². The van der Waals surface area contributed by atoms with E-state index in [2.05, 4.69) is 10.1 Å². The number of sulfonamides is 1. The Morgan fingerprint density at radius 2 is 2.06 bits per heavy atom. The second kappa shape index (κ2) is 4.07. The molecule has 0 aliphatic heterocycles. The Bertz CT molecular complexity index is 565. The van der Waals surface area contributed by atoms with E-state index in [1.807, 2.05) is 0 Å². The van der Waals surface area contributed by atoms with Gasteiger partial charge in [0.05, 0.1) is 11.8 Å². The molecule has 0 atom stereocenters. The Balaban J connectivity index is 3.74. The van der Waals surface area contributed by atoms with Gasteiger partial charge in [-0.05, 0) is 0 Å². The second-order valence-electron chi connectivity index (χ2n) is 2.66. The van der Waals surface area contributed by atoms with Crippen LogP contribution in [0.4, 0.5) is 13.2 Å². The molecule has 86 valence electrons. The summed E-state index contributed by atoms with van der Waals surface area (Å²) in [5, 5.41) is 13.1. The van der Waals surface area contributed by atoms with Gasteiger partial charge in [0, 0.05) is 0 Å². The normalized spacial score (nSPS) is 11.5. The Labute approximate surface area is 88.4 Å². The molecule has 0 aliphatic rings. The predicted molar refractivity (Wildman–Crippen MR) is 45.2 cm³/mol. The fourth-order valence-corrected chi connectivity index (χ4v) is 1.73. The van der Waals surface area contributed by atoms with Crippen molar-refractivity contribution in [3.63, 3.8) is 0 Å². The summed E-state index contributed by atoms with van der Waals surface area (Å²) in [6.07, 6.45) is -2.99. The first-order valence-electron chi connectivity index (χ1n) is 3.68. The van der Waals surface area contributed by atoms with Crippen LogP contribution in [0.1, 0.15) is 17.6 Å². The quantitative estimate of drug-likeness (QED) is 0.781. The van der Waals surface area contributed by atoms with Gasteiger partial charge in [-0.2, -0.15) is 9.65 Å². The van der Waals surface area contributed by atoms with E-state index >= 15 is 0 Å². The van der Waals surface area contributed by atoms with Gasteiger partial charge in [-0.1, -0.05) is 0 Å². The highest BCUT2D eigenvalue weighted by Crippen LogP contribution is 2.29. The zero-order valence-corrected chi connectivity index (χ0v) is 8.30. The molecule has 0 unspecified atom stereocenters. The molecule has 2 N–H and O–H groups in total. The number of nitriles is 1. The minimum absolute atomic E-state index is 0.354. The van der Waals surface area contributed by atoms with Crippen LogP contribution >= 0.6 is 0 Å². The monoisotopic (exact) mass is 251 g/mol. The third-order valence-electron chi connectivity index (χ3n) is 1.67. The van der Waals surface area contributed by atoms with E-state index in [9.17, 15) is 21.6 Å². The molecule has 1 aromatic rings. The molecule has 1 aromatic heterocycles. The molecule has 0 aromatic carbocycles. The smallest absolute Gasteiger partial charge is 0.226 e. The molecule has 9 heteroatoms. The predicted octanol–water partition coefficient (Wildman–Crippen LogP) is 0.677. The SMILES string of the molecule is N#Cc1c(F)ncc(S(N)(=O)=O)c1C(F)F. The molecule has 0 amide bonds. The molecule has 0 aliphatic carbocycles. The number of halogens is 3. The fourth-order valence-electron chi connectivity index (χ4n) is 1.03. The van der Waals surface area contributed by atoms with Crippen molar-refractivity contribution >= 4 is 10.0 Å². The summed E-state index contributed by atoms with van der Waals surface area (Å²) in [7, 11) is -4.49. The van der Waals surface area contributed by atoms with Gasteiger partial charge in [0.2, 0.25) is 16.0 Å². The van der Waals surface area contributed by atoms with Crippen molar-refractivity contribution in [1.29, 1.82) is 5.26 Å². The van der Waals surface area contributed by atoms with E-state index in [0.29, 0.717) is 6.20 Å². The van der Waals surface area contributed by atoms with Gasteiger partial charge in [-0.15, -0.1) is 0 Å². The Morgan fingerprint density at radius 3 is 2.44 bits per heavy atom. The maximum absolute atomic E-state index is 12.9. The molecule has 0 bridgehead atoms. The van der Waals surface area contributed by atoms with Gasteiger partial charge >= 0.3 is 0 Å². The van der Waals surface area contributed by atoms with Gasteiger partial charge < -0.3 is 0 Å². The molecule has 0 fully saturated rings. The minimum Gasteiger partial charge on any atom is -0.226 e. The molecule has 5 nitrogen and oxygen atoms in total. The molecule has 0 radical (unpaired) electrons. The largest absolute Gasteiger partial charge is 0.266 e. The van der Waals surface area contributed by atoms with Crippen molar-refractivity contribution in [2.45, 2.75) is 11.3 Å². The fraction of sp³-hybridized carbons (Fsp3) is 0.143. The highest BCUT2D eigenvalue weighted by molar-refractivity contribution is 7.89. The van der Waals surface area contributed by atoms with Crippen molar-refractivity contribution in [2.24, 2.45) is 5.14 Å².